The van der Waals surface area contributed by atoms with Crippen LogP contribution in [0.5, 0.6) is 0 Å². The highest BCUT2D eigenvalue weighted by atomic mass is 32.1. The summed E-state index contributed by atoms with van der Waals surface area (Å²) in [5.41, 5.74) is 5.12. The molecule has 1 aromatic rings. The van der Waals surface area contributed by atoms with Crippen molar-refractivity contribution in [3.05, 3.63) is 22.4 Å². The number of amides is 1. The van der Waals surface area contributed by atoms with Gasteiger partial charge in [-0.2, -0.15) is 0 Å². The molecule has 0 aromatic carbocycles. The Hall–Kier alpha value is -0.940. The second kappa shape index (κ2) is 5.45. The highest BCUT2D eigenvalue weighted by Crippen LogP contribution is 2.46. The van der Waals surface area contributed by atoms with Crippen LogP contribution >= 0.6 is 23.6 Å². The molecule has 3 N–H and O–H groups in total. The SMILES string of the molecule is CC1CC(C(=O)NCC(C)(C)c2cccs2)(C(N)=S)C1. The summed E-state index contributed by atoms with van der Waals surface area (Å²) < 4.78 is 0. The van der Waals surface area contributed by atoms with Crippen LogP contribution in [-0.4, -0.2) is 17.4 Å². The average molecular weight is 310 g/mol. The van der Waals surface area contributed by atoms with Crippen LogP contribution in [-0.2, 0) is 10.2 Å². The molecule has 1 amide bonds. The molecule has 0 bridgehead atoms. The third-order valence-corrected chi connectivity index (χ3v) is 5.81. The van der Waals surface area contributed by atoms with Gasteiger partial charge in [0.25, 0.3) is 0 Å². The van der Waals surface area contributed by atoms with Crippen molar-refractivity contribution in [2.75, 3.05) is 6.54 Å². The first-order valence-corrected chi connectivity index (χ1v) is 8.19. The molecule has 110 valence electrons. The molecule has 1 fully saturated rings. The first-order valence-electron chi connectivity index (χ1n) is 6.90. The molecule has 0 radical (unpaired) electrons. The smallest absolute Gasteiger partial charge is 0.233 e. The van der Waals surface area contributed by atoms with E-state index in [2.05, 4.69) is 37.5 Å². The van der Waals surface area contributed by atoms with Crippen molar-refractivity contribution in [3.8, 4) is 0 Å². The van der Waals surface area contributed by atoms with Gasteiger partial charge in [-0.05, 0) is 30.2 Å². The number of hydrogen-bond acceptors (Lipinski definition) is 3. The van der Waals surface area contributed by atoms with E-state index in [9.17, 15) is 4.79 Å². The summed E-state index contributed by atoms with van der Waals surface area (Å²) in [6.07, 6.45) is 1.54. The van der Waals surface area contributed by atoms with Crippen LogP contribution in [0, 0.1) is 11.3 Å². The number of carbonyl (C=O) groups excluding carboxylic acids is 1. The predicted molar refractivity (Wildman–Crippen MR) is 88.0 cm³/mol. The van der Waals surface area contributed by atoms with E-state index >= 15 is 0 Å². The number of carbonyl (C=O) groups is 1. The standard InChI is InChI=1S/C15H22N2OS2/c1-10-7-15(8-10,12(16)19)13(18)17-9-14(2,3)11-5-4-6-20-11/h4-6,10H,7-9H2,1-3H3,(H2,16,19)(H,17,18). The number of nitrogens with two attached hydrogens (primary N) is 1. The van der Waals surface area contributed by atoms with Crippen LogP contribution in [0.2, 0.25) is 0 Å². The van der Waals surface area contributed by atoms with Gasteiger partial charge in [-0.3, -0.25) is 4.79 Å². The minimum absolute atomic E-state index is 0.00673. The highest BCUT2D eigenvalue weighted by Gasteiger charge is 2.50. The average Bonchev–Trinajstić information content (AvgIpc) is 2.85. The Balaban J connectivity index is 2.00. The Labute approximate surface area is 129 Å². The molecule has 0 saturated heterocycles. The van der Waals surface area contributed by atoms with E-state index < -0.39 is 5.41 Å². The van der Waals surface area contributed by atoms with Gasteiger partial charge in [0.05, 0.1) is 10.4 Å². The van der Waals surface area contributed by atoms with E-state index in [1.54, 1.807) is 11.3 Å². The Bertz CT molecular complexity index is 502. The summed E-state index contributed by atoms with van der Waals surface area (Å²) in [4.78, 5) is 14.1. The van der Waals surface area contributed by atoms with Crippen LogP contribution in [0.4, 0.5) is 0 Å². The Morgan fingerprint density at radius 1 is 1.60 bits per heavy atom. The molecule has 0 spiro atoms. The number of thiophene rings is 1. The lowest BCUT2D eigenvalue weighted by Crippen LogP contribution is -2.57. The van der Waals surface area contributed by atoms with E-state index in [0.29, 0.717) is 17.5 Å². The highest BCUT2D eigenvalue weighted by molar-refractivity contribution is 7.80. The van der Waals surface area contributed by atoms with Gasteiger partial charge in [-0.25, -0.2) is 0 Å². The summed E-state index contributed by atoms with van der Waals surface area (Å²) >= 11 is 6.83. The van der Waals surface area contributed by atoms with Crippen LogP contribution < -0.4 is 11.1 Å². The summed E-state index contributed by atoms with van der Waals surface area (Å²) in [5.74, 6) is 0.514. The van der Waals surface area contributed by atoms with Crippen molar-refractivity contribution in [2.24, 2.45) is 17.1 Å². The van der Waals surface area contributed by atoms with E-state index in [1.807, 2.05) is 6.07 Å². The lowest BCUT2D eigenvalue weighted by Gasteiger charge is -2.44. The van der Waals surface area contributed by atoms with E-state index in [4.69, 9.17) is 18.0 Å². The van der Waals surface area contributed by atoms with Gasteiger partial charge in [0.2, 0.25) is 5.91 Å². The zero-order valence-corrected chi connectivity index (χ0v) is 13.9. The monoisotopic (exact) mass is 310 g/mol. The third kappa shape index (κ3) is 2.74. The maximum absolute atomic E-state index is 12.5. The molecule has 0 atom stereocenters. The summed E-state index contributed by atoms with van der Waals surface area (Å²) in [6.45, 7) is 7.00. The minimum atomic E-state index is -0.611. The fourth-order valence-electron chi connectivity index (χ4n) is 2.85. The number of thiocarbonyl (C=S) groups is 1. The summed E-state index contributed by atoms with van der Waals surface area (Å²) in [6, 6.07) is 4.14. The molecular weight excluding hydrogens is 288 g/mol. The van der Waals surface area contributed by atoms with Crippen LogP contribution in [0.15, 0.2) is 17.5 Å². The minimum Gasteiger partial charge on any atom is -0.392 e. The maximum Gasteiger partial charge on any atom is 0.233 e. The molecule has 1 aliphatic rings. The number of nitrogens with one attached hydrogen (secondary N) is 1. The fraction of sp³-hybridized carbons (Fsp3) is 0.600. The van der Waals surface area contributed by atoms with Gasteiger partial charge in [-0.1, -0.05) is 39.1 Å². The molecule has 0 unspecified atom stereocenters. The van der Waals surface area contributed by atoms with Crippen molar-refractivity contribution in [2.45, 2.75) is 39.0 Å². The van der Waals surface area contributed by atoms with Crippen LogP contribution in [0.1, 0.15) is 38.5 Å². The molecule has 1 aromatic heterocycles. The van der Waals surface area contributed by atoms with Crippen LogP contribution in [0.3, 0.4) is 0 Å². The second-order valence-corrected chi connectivity index (χ2v) is 7.89. The summed E-state index contributed by atoms with van der Waals surface area (Å²) in [5, 5.41) is 5.11. The Morgan fingerprint density at radius 3 is 2.70 bits per heavy atom. The topological polar surface area (TPSA) is 55.1 Å². The Kier molecular flexibility index (Phi) is 4.21. The molecular formula is C15H22N2OS2. The molecule has 20 heavy (non-hydrogen) atoms. The fourth-order valence-corrected chi connectivity index (χ4v) is 3.96. The number of hydrogen-bond donors (Lipinski definition) is 2. The van der Waals surface area contributed by atoms with Crippen molar-refractivity contribution < 1.29 is 4.79 Å². The van der Waals surface area contributed by atoms with Gasteiger partial charge in [-0.15, -0.1) is 11.3 Å². The van der Waals surface area contributed by atoms with Gasteiger partial charge < -0.3 is 11.1 Å². The predicted octanol–water partition coefficient (Wildman–Crippen LogP) is 2.84. The van der Waals surface area contributed by atoms with Gasteiger partial charge in [0.1, 0.15) is 0 Å². The second-order valence-electron chi connectivity index (χ2n) is 6.50. The van der Waals surface area contributed by atoms with Crippen molar-refractivity contribution in [1.29, 1.82) is 0 Å². The normalized spacial score (nSPS) is 25.9. The van der Waals surface area contributed by atoms with E-state index in [-0.39, 0.29) is 11.3 Å². The first-order chi connectivity index (χ1) is 9.28. The molecule has 1 aliphatic carbocycles. The van der Waals surface area contributed by atoms with Crippen molar-refractivity contribution in [1.82, 2.24) is 5.32 Å². The first kappa shape index (κ1) is 15.4. The van der Waals surface area contributed by atoms with Crippen LogP contribution in [0.25, 0.3) is 0 Å². The van der Waals surface area contributed by atoms with E-state index in [0.717, 1.165) is 12.8 Å². The zero-order chi connectivity index (χ0) is 15.0. The molecule has 1 saturated carbocycles. The zero-order valence-electron chi connectivity index (χ0n) is 12.2. The molecule has 5 heteroatoms. The van der Waals surface area contributed by atoms with Gasteiger partial charge in [0.15, 0.2) is 0 Å². The van der Waals surface area contributed by atoms with E-state index in [1.165, 1.54) is 4.88 Å². The lowest BCUT2D eigenvalue weighted by molar-refractivity contribution is -0.133. The van der Waals surface area contributed by atoms with Gasteiger partial charge >= 0.3 is 0 Å². The lowest BCUT2D eigenvalue weighted by atomic mass is 9.62. The number of rotatable bonds is 5. The molecule has 0 aliphatic heterocycles. The van der Waals surface area contributed by atoms with Gasteiger partial charge in [0, 0.05) is 16.8 Å². The summed E-state index contributed by atoms with van der Waals surface area (Å²) in [7, 11) is 0. The largest absolute Gasteiger partial charge is 0.392 e. The third-order valence-electron chi connectivity index (χ3n) is 4.18. The molecule has 1 heterocycles. The maximum atomic E-state index is 12.5. The van der Waals surface area contributed by atoms with Crippen molar-refractivity contribution in [3.63, 3.8) is 0 Å². The Morgan fingerprint density at radius 2 is 2.25 bits per heavy atom. The molecule has 2 rings (SSSR count). The molecule has 3 nitrogen and oxygen atoms in total. The van der Waals surface area contributed by atoms with Crippen molar-refractivity contribution >= 4 is 34.5 Å². The quantitative estimate of drug-likeness (QED) is 0.822.